The highest BCUT2D eigenvalue weighted by Gasteiger charge is 2.38. The van der Waals surface area contributed by atoms with Crippen LogP contribution < -0.4 is 4.72 Å². The molecule has 0 radical (unpaired) electrons. The van der Waals surface area contributed by atoms with Crippen molar-refractivity contribution in [3.8, 4) is 0 Å². The number of halogens is 6. The van der Waals surface area contributed by atoms with Crippen molar-refractivity contribution in [3.05, 3.63) is 94.5 Å². The minimum absolute atomic E-state index is 0.0466. The molecule has 0 atom stereocenters. The lowest BCUT2D eigenvalue weighted by Gasteiger charge is -2.15. The first kappa shape index (κ1) is 26.1. The molecular weight excluding hydrogens is 500 g/mol. The molecule has 3 aromatic rings. The topological polar surface area (TPSA) is 83.5 Å². The summed E-state index contributed by atoms with van der Waals surface area (Å²) >= 11 is 0. The van der Waals surface area contributed by atoms with Crippen LogP contribution in [0.15, 0.2) is 71.6 Å². The second kappa shape index (κ2) is 9.61. The maximum absolute atomic E-state index is 13.1. The second-order valence-electron chi connectivity index (χ2n) is 7.55. The highest BCUT2D eigenvalue weighted by molar-refractivity contribution is 7.92. The van der Waals surface area contributed by atoms with Gasteiger partial charge >= 0.3 is 18.3 Å². The van der Waals surface area contributed by atoms with E-state index >= 15 is 0 Å². The molecule has 0 bridgehead atoms. The summed E-state index contributed by atoms with van der Waals surface area (Å²) in [4.78, 5) is 9.74. The van der Waals surface area contributed by atoms with Gasteiger partial charge in [-0.3, -0.25) is 4.72 Å². The lowest BCUT2D eigenvalue weighted by Crippen LogP contribution is -2.17. The first-order chi connectivity index (χ1) is 16.1. The SMILES string of the molecule is O=C(O)c1ccc(CCc2cccc(NS(=O)(=O)c3cc(C(F)(F)F)cc(C(F)(F)F)c3)c2)cc1. The molecule has 0 saturated heterocycles. The van der Waals surface area contributed by atoms with Crippen LogP contribution in [0.5, 0.6) is 0 Å². The number of aromatic carboxylic acids is 1. The molecule has 2 N–H and O–H groups in total. The molecule has 35 heavy (non-hydrogen) atoms. The zero-order valence-corrected chi connectivity index (χ0v) is 18.4. The predicted molar refractivity (Wildman–Crippen MR) is 115 cm³/mol. The highest BCUT2D eigenvalue weighted by Crippen LogP contribution is 2.37. The molecule has 3 aromatic carbocycles. The van der Waals surface area contributed by atoms with Gasteiger partial charge in [0, 0.05) is 5.69 Å². The lowest BCUT2D eigenvalue weighted by molar-refractivity contribution is -0.143. The van der Waals surface area contributed by atoms with E-state index in [0.717, 1.165) is 5.56 Å². The van der Waals surface area contributed by atoms with Crippen molar-refractivity contribution in [2.45, 2.75) is 30.1 Å². The Labute approximate surface area is 196 Å². The van der Waals surface area contributed by atoms with E-state index in [4.69, 9.17) is 5.11 Å². The molecule has 3 rings (SSSR count). The Kier molecular flexibility index (Phi) is 7.16. The first-order valence-electron chi connectivity index (χ1n) is 9.89. The van der Waals surface area contributed by atoms with Crippen molar-refractivity contribution in [2.24, 2.45) is 0 Å². The van der Waals surface area contributed by atoms with E-state index in [9.17, 15) is 39.6 Å². The standard InChI is InChI=1S/C23H17F6NO4S/c24-22(25,26)17-11-18(23(27,28)29)13-20(12-17)35(33,34)30-19-3-1-2-15(10-19)5-4-14-6-8-16(9-7-14)21(31)32/h1-3,6-13,30H,4-5H2,(H,31,32). The van der Waals surface area contributed by atoms with Crippen molar-refractivity contribution in [1.29, 1.82) is 0 Å². The molecule has 0 saturated carbocycles. The molecule has 0 fully saturated rings. The maximum atomic E-state index is 13.1. The van der Waals surface area contributed by atoms with E-state index in [1.807, 2.05) is 4.72 Å². The van der Waals surface area contributed by atoms with Crippen molar-refractivity contribution >= 4 is 21.7 Å². The molecule has 0 unspecified atom stereocenters. The molecule has 0 aliphatic heterocycles. The number of nitrogens with one attached hydrogen (secondary N) is 1. The van der Waals surface area contributed by atoms with Crippen LogP contribution in [0.2, 0.25) is 0 Å². The zero-order valence-electron chi connectivity index (χ0n) is 17.6. The fourth-order valence-corrected chi connectivity index (χ4v) is 4.31. The second-order valence-corrected chi connectivity index (χ2v) is 9.23. The normalized spacial score (nSPS) is 12.4. The number of benzene rings is 3. The molecule has 186 valence electrons. The van der Waals surface area contributed by atoms with Gasteiger partial charge in [-0.15, -0.1) is 0 Å². The van der Waals surface area contributed by atoms with Crippen LogP contribution in [0, 0.1) is 0 Å². The molecule has 0 aromatic heterocycles. The van der Waals surface area contributed by atoms with E-state index in [1.54, 1.807) is 18.2 Å². The minimum atomic E-state index is -5.19. The van der Waals surface area contributed by atoms with Crippen molar-refractivity contribution in [1.82, 2.24) is 0 Å². The van der Waals surface area contributed by atoms with Crippen LogP contribution in [0.4, 0.5) is 32.0 Å². The van der Waals surface area contributed by atoms with Gasteiger partial charge in [0.05, 0.1) is 21.6 Å². The Morgan fingerprint density at radius 3 is 1.83 bits per heavy atom. The number of aryl methyl sites for hydroxylation is 2. The van der Waals surface area contributed by atoms with Crippen molar-refractivity contribution < 1.29 is 44.7 Å². The van der Waals surface area contributed by atoms with Crippen LogP contribution in [0.3, 0.4) is 0 Å². The van der Waals surface area contributed by atoms with Crippen molar-refractivity contribution in [2.75, 3.05) is 4.72 Å². The minimum Gasteiger partial charge on any atom is -0.478 e. The van der Waals surface area contributed by atoms with E-state index in [-0.39, 0.29) is 29.4 Å². The van der Waals surface area contributed by atoms with Crippen LogP contribution in [0.1, 0.15) is 32.6 Å². The molecule has 0 amide bonds. The Hall–Kier alpha value is -3.54. The van der Waals surface area contributed by atoms with Gasteiger partial charge < -0.3 is 5.11 Å². The van der Waals surface area contributed by atoms with Crippen molar-refractivity contribution in [3.63, 3.8) is 0 Å². The van der Waals surface area contributed by atoms with Gasteiger partial charge in [-0.25, -0.2) is 13.2 Å². The molecule has 0 heterocycles. The fraction of sp³-hybridized carbons (Fsp3) is 0.174. The number of rotatable bonds is 7. The van der Waals surface area contributed by atoms with Gasteiger partial charge in [0.25, 0.3) is 10.0 Å². The molecule has 0 aliphatic rings. The van der Waals surface area contributed by atoms with Gasteiger partial charge in [0.15, 0.2) is 0 Å². The molecule has 0 aliphatic carbocycles. The number of carboxylic acids is 1. The first-order valence-corrected chi connectivity index (χ1v) is 11.4. The third kappa shape index (κ3) is 6.75. The Morgan fingerprint density at radius 1 is 0.771 bits per heavy atom. The van der Waals surface area contributed by atoms with Crippen LogP contribution in [-0.4, -0.2) is 19.5 Å². The summed E-state index contributed by atoms with van der Waals surface area (Å²) in [6.45, 7) is 0. The molecular formula is C23H17F6NO4S. The number of alkyl halides is 6. The number of hydrogen-bond acceptors (Lipinski definition) is 3. The highest BCUT2D eigenvalue weighted by atomic mass is 32.2. The summed E-state index contributed by atoms with van der Waals surface area (Å²) < 4.78 is 106. The summed E-state index contributed by atoms with van der Waals surface area (Å²) in [5.74, 6) is -1.07. The van der Waals surface area contributed by atoms with Crippen LogP contribution >= 0.6 is 0 Å². The van der Waals surface area contributed by atoms with Gasteiger partial charge in [-0.05, 0) is 66.4 Å². The van der Waals surface area contributed by atoms with Gasteiger partial charge in [-0.2, -0.15) is 26.3 Å². The van der Waals surface area contributed by atoms with Gasteiger partial charge in [-0.1, -0.05) is 24.3 Å². The quantitative estimate of drug-likeness (QED) is 0.376. The van der Waals surface area contributed by atoms with E-state index in [2.05, 4.69) is 0 Å². The zero-order chi connectivity index (χ0) is 26.0. The van der Waals surface area contributed by atoms with Gasteiger partial charge in [0.2, 0.25) is 0 Å². The number of carbonyl (C=O) groups is 1. The lowest BCUT2D eigenvalue weighted by atomic mass is 10.0. The monoisotopic (exact) mass is 517 g/mol. The largest absolute Gasteiger partial charge is 0.478 e. The summed E-state index contributed by atoms with van der Waals surface area (Å²) in [7, 11) is -4.78. The Morgan fingerprint density at radius 2 is 1.31 bits per heavy atom. The average Bonchev–Trinajstić information content (AvgIpc) is 2.76. The van der Waals surface area contributed by atoms with Gasteiger partial charge in [0.1, 0.15) is 0 Å². The smallest absolute Gasteiger partial charge is 0.416 e. The number of sulfonamides is 1. The number of carboxylic acid groups (broad SMARTS) is 1. The fourth-order valence-electron chi connectivity index (χ4n) is 3.19. The molecule has 12 heteroatoms. The maximum Gasteiger partial charge on any atom is 0.416 e. The van der Waals surface area contributed by atoms with E-state index in [1.165, 1.54) is 30.3 Å². The van der Waals surface area contributed by atoms with E-state index in [0.29, 0.717) is 18.4 Å². The Bertz CT molecular complexity index is 1300. The summed E-state index contributed by atoms with van der Waals surface area (Å²) in [5, 5.41) is 8.93. The average molecular weight is 517 g/mol. The van der Waals surface area contributed by atoms with E-state index < -0.39 is 44.4 Å². The number of anilines is 1. The van der Waals surface area contributed by atoms with Crippen LogP contribution in [-0.2, 0) is 35.2 Å². The molecule has 0 spiro atoms. The molecule has 5 nitrogen and oxygen atoms in total. The van der Waals surface area contributed by atoms with Crippen LogP contribution in [0.25, 0.3) is 0 Å². The predicted octanol–water partition coefficient (Wildman–Crippen LogP) is 6.01. The number of hydrogen-bond donors (Lipinski definition) is 2. The summed E-state index contributed by atoms with van der Waals surface area (Å²) in [5.41, 5.74) is -1.97. The summed E-state index contributed by atoms with van der Waals surface area (Å²) in [6.07, 6.45) is -9.50. The summed E-state index contributed by atoms with van der Waals surface area (Å²) in [6, 6.07) is 12.1. The third-order valence-electron chi connectivity index (χ3n) is 4.95. The third-order valence-corrected chi connectivity index (χ3v) is 6.31. The Balaban J connectivity index is 1.82.